The molecule has 1 fully saturated rings. The van der Waals surface area contributed by atoms with Crippen molar-refractivity contribution in [3.05, 3.63) is 70.8 Å². The second-order valence-corrected chi connectivity index (χ2v) is 6.19. The molecular formula is C19H23NO. The third-order valence-electron chi connectivity index (χ3n) is 4.38. The highest BCUT2D eigenvalue weighted by atomic mass is 16.3. The van der Waals surface area contributed by atoms with E-state index in [1.165, 1.54) is 22.3 Å². The van der Waals surface area contributed by atoms with Crippen molar-refractivity contribution in [2.45, 2.75) is 44.9 Å². The fourth-order valence-corrected chi connectivity index (χ4v) is 3.12. The molecule has 0 radical (unpaired) electrons. The van der Waals surface area contributed by atoms with Gasteiger partial charge in [-0.2, -0.15) is 0 Å². The maximum atomic E-state index is 9.52. The van der Waals surface area contributed by atoms with Crippen molar-refractivity contribution in [1.82, 2.24) is 5.32 Å². The molecule has 2 N–H and O–H groups in total. The Bertz CT molecular complexity index is 602. The molecule has 110 valence electrons. The van der Waals surface area contributed by atoms with E-state index in [1.54, 1.807) is 0 Å². The summed E-state index contributed by atoms with van der Waals surface area (Å²) in [5, 5.41) is 13.2. The molecule has 0 aliphatic heterocycles. The zero-order valence-corrected chi connectivity index (χ0v) is 12.7. The largest absolute Gasteiger partial charge is 0.393 e. The quantitative estimate of drug-likeness (QED) is 0.899. The molecule has 1 aliphatic carbocycles. The standard InChI is InChI=1S/C19H23NO/c1-13-8-9-18(14(2)10-13)19(15-6-4-3-5-7-15)20-16-11-17(21)12-16/h3-10,16-17,19-21H,11-12H2,1-2H3. The van der Waals surface area contributed by atoms with Crippen LogP contribution in [0, 0.1) is 13.8 Å². The lowest BCUT2D eigenvalue weighted by molar-refractivity contribution is 0.0595. The van der Waals surface area contributed by atoms with Gasteiger partial charge in [-0.05, 0) is 43.4 Å². The number of rotatable bonds is 4. The zero-order valence-electron chi connectivity index (χ0n) is 12.7. The van der Waals surface area contributed by atoms with E-state index in [4.69, 9.17) is 0 Å². The van der Waals surface area contributed by atoms with Crippen molar-refractivity contribution in [2.24, 2.45) is 0 Å². The molecule has 21 heavy (non-hydrogen) atoms. The number of hydrogen-bond acceptors (Lipinski definition) is 2. The Labute approximate surface area is 126 Å². The monoisotopic (exact) mass is 281 g/mol. The first-order chi connectivity index (χ1) is 10.1. The Kier molecular flexibility index (Phi) is 4.09. The SMILES string of the molecule is Cc1ccc(C(NC2CC(O)C2)c2ccccc2)c(C)c1. The Morgan fingerprint density at radius 2 is 1.76 bits per heavy atom. The minimum atomic E-state index is -0.127. The van der Waals surface area contributed by atoms with Crippen molar-refractivity contribution >= 4 is 0 Å². The molecule has 2 nitrogen and oxygen atoms in total. The maximum absolute atomic E-state index is 9.52. The summed E-state index contributed by atoms with van der Waals surface area (Å²) in [6.45, 7) is 4.31. The van der Waals surface area contributed by atoms with Gasteiger partial charge in [0.1, 0.15) is 0 Å². The van der Waals surface area contributed by atoms with Crippen LogP contribution >= 0.6 is 0 Å². The number of aliphatic hydroxyl groups is 1. The lowest BCUT2D eigenvalue weighted by Crippen LogP contribution is -2.46. The van der Waals surface area contributed by atoms with Gasteiger partial charge in [0.05, 0.1) is 12.1 Å². The van der Waals surface area contributed by atoms with Gasteiger partial charge in [-0.15, -0.1) is 0 Å². The fraction of sp³-hybridized carbons (Fsp3) is 0.368. The highest BCUT2D eigenvalue weighted by Gasteiger charge is 2.30. The average molecular weight is 281 g/mol. The van der Waals surface area contributed by atoms with Gasteiger partial charge in [0, 0.05) is 6.04 Å². The van der Waals surface area contributed by atoms with E-state index in [9.17, 15) is 5.11 Å². The van der Waals surface area contributed by atoms with Gasteiger partial charge in [0.15, 0.2) is 0 Å². The van der Waals surface area contributed by atoms with Crippen LogP contribution in [0.1, 0.15) is 41.1 Å². The number of aryl methyl sites for hydroxylation is 2. The van der Waals surface area contributed by atoms with Gasteiger partial charge in [0.2, 0.25) is 0 Å². The second-order valence-electron chi connectivity index (χ2n) is 6.19. The van der Waals surface area contributed by atoms with Crippen LogP contribution in [0.5, 0.6) is 0 Å². The van der Waals surface area contributed by atoms with Crippen LogP contribution in [0.3, 0.4) is 0 Å². The number of benzene rings is 2. The summed E-state index contributed by atoms with van der Waals surface area (Å²) in [5.41, 5.74) is 5.22. The van der Waals surface area contributed by atoms with Crippen molar-refractivity contribution in [3.63, 3.8) is 0 Å². The number of nitrogens with one attached hydrogen (secondary N) is 1. The van der Waals surface area contributed by atoms with Gasteiger partial charge in [-0.1, -0.05) is 54.1 Å². The molecule has 1 aliphatic rings. The van der Waals surface area contributed by atoms with Crippen LogP contribution in [-0.2, 0) is 0 Å². The Morgan fingerprint density at radius 3 is 2.38 bits per heavy atom. The first-order valence-electron chi connectivity index (χ1n) is 7.69. The zero-order chi connectivity index (χ0) is 14.8. The van der Waals surface area contributed by atoms with Crippen molar-refractivity contribution < 1.29 is 5.11 Å². The van der Waals surface area contributed by atoms with Crippen LogP contribution in [0.2, 0.25) is 0 Å². The molecule has 0 spiro atoms. The Hall–Kier alpha value is -1.64. The van der Waals surface area contributed by atoms with E-state index in [-0.39, 0.29) is 12.1 Å². The molecule has 0 aromatic heterocycles. The molecule has 0 bridgehead atoms. The van der Waals surface area contributed by atoms with Gasteiger partial charge in [-0.3, -0.25) is 0 Å². The smallest absolute Gasteiger partial charge is 0.0581 e. The van der Waals surface area contributed by atoms with Crippen LogP contribution in [0.4, 0.5) is 0 Å². The topological polar surface area (TPSA) is 32.3 Å². The minimum Gasteiger partial charge on any atom is -0.393 e. The van der Waals surface area contributed by atoms with Gasteiger partial charge >= 0.3 is 0 Å². The summed E-state index contributed by atoms with van der Waals surface area (Å²) in [6, 6.07) is 17.8. The number of hydrogen-bond donors (Lipinski definition) is 2. The van der Waals surface area contributed by atoms with E-state index in [0.717, 1.165) is 12.8 Å². The molecule has 2 aromatic carbocycles. The van der Waals surface area contributed by atoms with Crippen LogP contribution in [-0.4, -0.2) is 17.3 Å². The summed E-state index contributed by atoms with van der Waals surface area (Å²) in [5.74, 6) is 0. The summed E-state index contributed by atoms with van der Waals surface area (Å²) >= 11 is 0. The fourth-order valence-electron chi connectivity index (χ4n) is 3.12. The Morgan fingerprint density at radius 1 is 1.05 bits per heavy atom. The van der Waals surface area contributed by atoms with Gasteiger partial charge < -0.3 is 10.4 Å². The predicted octanol–water partition coefficient (Wildman–Crippen LogP) is 3.51. The molecule has 2 heteroatoms. The second kappa shape index (κ2) is 6.00. The molecule has 0 heterocycles. The molecule has 0 saturated heterocycles. The predicted molar refractivity (Wildman–Crippen MR) is 86.4 cm³/mol. The van der Waals surface area contributed by atoms with Crippen LogP contribution < -0.4 is 5.32 Å². The number of aliphatic hydroxyl groups excluding tert-OH is 1. The van der Waals surface area contributed by atoms with Crippen molar-refractivity contribution in [2.75, 3.05) is 0 Å². The normalized spacial score (nSPS) is 22.6. The lowest BCUT2D eigenvalue weighted by Gasteiger charge is -2.36. The summed E-state index contributed by atoms with van der Waals surface area (Å²) in [7, 11) is 0. The van der Waals surface area contributed by atoms with E-state index in [0.29, 0.717) is 6.04 Å². The van der Waals surface area contributed by atoms with Crippen LogP contribution in [0.25, 0.3) is 0 Å². The highest BCUT2D eigenvalue weighted by molar-refractivity contribution is 5.39. The van der Waals surface area contributed by atoms with Crippen molar-refractivity contribution in [1.29, 1.82) is 0 Å². The first-order valence-corrected chi connectivity index (χ1v) is 7.69. The highest BCUT2D eigenvalue weighted by Crippen LogP contribution is 2.30. The maximum Gasteiger partial charge on any atom is 0.0581 e. The van der Waals surface area contributed by atoms with Crippen LogP contribution in [0.15, 0.2) is 48.5 Å². The molecule has 1 atom stereocenters. The molecule has 0 amide bonds. The summed E-state index contributed by atoms with van der Waals surface area (Å²) in [6.07, 6.45) is 1.58. The van der Waals surface area contributed by atoms with E-state index in [1.807, 2.05) is 0 Å². The van der Waals surface area contributed by atoms with E-state index >= 15 is 0 Å². The minimum absolute atomic E-state index is 0.127. The first kappa shape index (κ1) is 14.3. The Balaban J connectivity index is 1.91. The molecule has 3 rings (SSSR count). The molecule has 2 aromatic rings. The average Bonchev–Trinajstić information content (AvgIpc) is 2.44. The van der Waals surface area contributed by atoms with E-state index in [2.05, 4.69) is 67.7 Å². The molecule has 1 saturated carbocycles. The summed E-state index contributed by atoms with van der Waals surface area (Å²) in [4.78, 5) is 0. The van der Waals surface area contributed by atoms with Gasteiger partial charge in [0.25, 0.3) is 0 Å². The third kappa shape index (κ3) is 3.17. The lowest BCUT2D eigenvalue weighted by atomic mass is 9.86. The third-order valence-corrected chi connectivity index (χ3v) is 4.38. The summed E-state index contributed by atoms with van der Waals surface area (Å²) < 4.78 is 0. The van der Waals surface area contributed by atoms with Gasteiger partial charge in [-0.25, -0.2) is 0 Å². The molecule has 1 unspecified atom stereocenters. The molecular weight excluding hydrogens is 258 g/mol. The van der Waals surface area contributed by atoms with Crippen molar-refractivity contribution in [3.8, 4) is 0 Å². The van der Waals surface area contributed by atoms with E-state index < -0.39 is 0 Å².